The van der Waals surface area contributed by atoms with Gasteiger partial charge in [-0.15, -0.1) is 24.0 Å². The Labute approximate surface area is 197 Å². The number of ether oxygens (including phenoxy) is 1. The van der Waals surface area contributed by atoms with Gasteiger partial charge in [0, 0.05) is 30.5 Å². The first-order valence-corrected chi connectivity index (χ1v) is 10.3. The SMILES string of the molecule is COC(=O)C1CCN(C(=NCc2ccc(Br)cc2)NCCc2ccco2)CC1.I. The Morgan fingerprint density at radius 1 is 1.28 bits per heavy atom. The number of carbonyl (C=O) groups is 1. The van der Waals surface area contributed by atoms with Gasteiger partial charge in [-0.3, -0.25) is 4.79 Å². The van der Waals surface area contributed by atoms with E-state index in [2.05, 4.69) is 38.3 Å². The second kappa shape index (κ2) is 12.2. The molecule has 0 amide bonds. The number of carbonyl (C=O) groups excluding carboxylic acids is 1. The molecule has 1 aromatic carbocycles. The Hall–Kier alpha value is -1.55. The van der Waals surface area contributed by atoms with Gasteiger partial charge in [-0.05, 0) is 42.7 Å². The predicted octanol–water partition coefficient (Wildman–Crippen LogP) is 4.23. The van der Waals surface area contributed by atoms with Crippen molar-refractivity contribution in [3.05, 3.63) is 58.5 Å². The van der Waals surface area contributed by atoms with Crippen molar-refractivity contribution in [1.29, 1.82) is 0 Å². The summed E-state index contributed by atoms with van der Waals surface area (Å²) in [5, 5.41) is 3.46. The lowest BCUT2D eigenvalue weighted by atomic mass is 9.97. The predicted molar refractivity (Wildman–Crippen MR) is 127 cm³/mol. The average Bonchev–Trinajstić information content (AvgIpc) is 3.25. The first-order chi connectivity index (χ1) is 13.7. The lowest BCUT2D eigenvalue weighted by molar-refractivity contribution is -0.146. The molecule has 2 aromatic rings. The highest BCUT2D eigenvalue weighted by Gasteiger charge is 2.27. The number of piperidine rings is 1. The summed E-state index contributed by atoms with van der Waals surface area (Å²) in [7, 11) is 1.45. The molecule has 1 saturated heterocycles. The highest BCUT2D eigenvalue weighted by Crippen LogP contribution is 2.19. The van der Waals surface area contributed by atoms with Gasteiger partial charge in [-0.1, -0.05) is 28.1 Å². The highest BCUT2D eigenvalue weighted by molar-refractivity contribution is 14.0. The first kappa shape index (κ1) is 23.7. The summed E-state index contributed by atoms with van der Waals surface area (Å²) in [5.41, 5.74) is 1.15. The summed E-state index contributed by atoms with van der Waals surface area (Å²) in [4.78, 5) is 18.8. The lowest BCUT2D eigenvalue weighted by Crippen LogP contribution is -2.47. The molecule has 0 bridgehead atoms. The number of nitrogens with zero attached hydrogens (tertiary/aromatic N) is 2. The highest BCUT2D eigenvalue weighted by atomic mass is 127. The Kier molecular flexibility index (Phi) is 9.99. The molecule has 1 aliphatic rings. The van der Waals surface area contributed by atoms with Gasteiger partial charge < -0.3 is 19.4 Å². The number of aliphatic imine (C=N–C) groups is 1. The molecule has 1 aromatic heterocycles. The van der Waals surface area contributed by atoms with Gasteiger partial charge in [0.2, 0.25) is 0 Å². The first-order valence-electron chi connectivity index (χ1n) is 9.53. The van der Waals surface area contributed by atoms with E-state index in [1.807, 2.05) is 24.3 Å². The molecule has 1 N–H and O–H groups in total. The van der Waals surface area contributed by atoms with Gasteiger partial charge in [-0.2, -0.15) is 0 Å². The van der Waals surface area contributed by atoms with Crippen LogP contribution < -0.4 is 5.32 Å². The average molecular weight is 576 g/mol. The van der Waals surface area contributed by atoms with E-state index in [1.54, 1.807) is 6.26 Å². The maximum absolute atomic E-state index is 11.8. The normalized spacial score (nSPS) is 15.0. The number of benzene rings is 1. The third-order valence-corrected chi connectivity index (χ3v) is 5.42. The lowest BCUT2D eigenvalue weighted by Gasteiger charge is -2.33. The third-order valence-electron chi connectivity index (χ3n) is 4.89. The smallest absolute Gasteiger partial charge is 0.308 e. The number of nitrogens with one attached hydrogen (secondary N) is 1. The van der Waals surface area contributed by atoms with E-state index < -0.39 is 0 Å². The molecule has 0 unspecified atom stereocenters. The number of furan rings is 1. The van der Waals surface area contributed by atoms with Crippen molar-refractivity contribution in [2.24, 2.45) is 10.9 Å². The molecule has 0 saturated carbocycles. The Bertz CT molecular complexity index is 773. The summed E-state index contributed by atoms with van der Waals surface area (Å²) in [6, 6.07) is 12.1. The van der Waals surface area contributed by atoms with E-state index >= 15 is 0 Å². The molecule has 1 aliphatic heterocycles. The van der Waals surface area contributed by atoms with E-state index in [0.29, 0.717) is 6.54 Å². The molecule has 3 rings (SSSR count). The van der Waals surface area contributed by atoms with Crippen LogP contribution in [0.15, 0.2) is 56.5 Å². The van der Waals surface area contributed by atoms with E-state index in [0.717, 1.165) is 60.7 Å². The van der Waals surface area contributed by atoms with Crippen LogP contribution in [0, 0.1) is 5.92 Å². The molecule has 0 radical (unpaired) electrons. The topological polar surface area (TPSA) is 67.1 Å². The maximum atomic E-state index is 11.8. The van der Waals surface area contributed by atoms with Crippen molar-refractivity contribution in [3.63, 3.8) is 0 Å². The number of esters is 1. The summed E-state index contributed by atoms with van der Waals surface area (Å²) in [6.45, 7) is 2.91. The number of guanidine groups is 1. The number of hydrogen-bond acceptors (Lipinski definition) is 4. The number of rotatable bonds is 6. The van der Waals surface area contributed by atoms with Crippen LogP contribution in [0.4, 0.5) is 0 Å². The summed E-state index contributed by atoms with van der Waals surface area (Å²) in [6.07, 6.45) is 4.05. The van der Waals surface area contributed by atoms with Gasteiger partial charge in [0.05, 0.1) is 25.8 Å². The molecule has 2 heterocycles. The summed E-state index contributed by atoms with van der Waals surface area (Å²) < 4.78 is 11.4. The van der Waals surface area contributed by atoms with Crippen LogP contribution in [0.3, 0.4) is 0 Å². The van der Waals surface area contributed by atoms with Crippen LogP contribution in [-0.2, 0) is 22.5 Å². The third kappa shape index (κ3) is 7.33. The van der Waals surface area contributed by atoms with Crippen LogP contribution in [-0.4, -0.2) is 43.6 Å². The number of methoxy groups -OCH3 is 1. The van der Waals surface area contributed by atoms with Gasteiger partial charge in [0.1, 0.15) is 5.76 Å². The van der Waals surface area contributed by atoms with Crippen molar-refractivity contribution in [2.75, 3.05) is 26.7 Å². The second-order valence-electron chi connectivity index (χ2n) is 6.81. The Balaban J connectivity index is 0.00000300. The van der Waals surface area contributed by atoms with Crippen LogP contribution in [0.1, 0.15) is 24.2 Å². The van der Waals surface area contributed by atoms with Crippen LogP contribution >= 0.6 is 39.9 Å². The zero-order chi connectivity index (χ0) is 19.8. The van der Waals surface area contributed by atoms with E-state index in [1.165, 1.54) is 7.11 Å². The van der Waals surface area contributed by atoms with E-state index in [4.69, 9.17) is 14.1 Å². The summed E-state index contributed by atoms with van der Waals surface area (Å²) in [5.74, 6) is 1.69. The molecule has 0 aliphatic carbocycles. The van der Waals surface area contributed by atoms with Crippen molar-refractivity contribution < 1.29 is 13.9 Å². The molecule has 6 nitrogen and oxygen atoms in total. The molecular formula is C21H27BrIN3O3. The van der Waals surface area contributed by atoms with Crippen molar-refractivity contribution in [2.45, 2.75) is 25.8 Å². The Morgan fingerprint density at radius 2 is 2.00 bits per heavy atom. The van der Waals surface area contributed by atoms with Gasteiger partial charge in [-0.25, -0.2) is 4.99 Å². The molecule has 29 heavy (non-hydrogen) atoms. The molecule has 1 fully saturated rings. The van der Waals surface area contributed by atoms with Gasteiger partial charge in [0.15, 0.2) is 5.96 Å². The largest absolute Gasteiger partial charge is 0.469 e. The zero-order valence-corrected chi connectivity index (χ0v) is 20.4. The van der Waals surface area contributed by atoms with Gasteiger partial charge >= 0.3 is 5.97 Å². The summed E-state index contributed by atoms with van der Waals surface area (Å²) >= 11 is 3.46. The number of halogens is 2. The van der Waals surface area contributed by atoms with E-state index in [-0.39, 0.29) is 35.9 Å². The standard InChI is InChI=1S/C21H26BrN3O3.HI/c1-27-20(26)17-9-12-25(13-10-17)21(23-11-8-19-3-2-14-28-19)24-15-16-4-6-18(22)7-5-16;/h2-7,14,17H,8-13,15H2,1H3,(H,23,24);1H. The maximum Gasteiger partial charge on any atom is 0.308 e. The monoisotopic (exact) mass is 575 g/mol. The van der Waals surface area contributed by atoms with Crippen molar-refractivity contribution in [1.82, 2.24) is 10.2 Å². The van der Waals surface area contributed by atoms with Crippen molar-refractivity contribution in [3.8, 4) is 0 Å². The minimum atomic E-state index is -0.112. The van der Waals surface area contributed by atoms with Crippen molar-refractivity contribution >= 4 is 51.8 Å². The molecule has 0 atom stereocenters. The van der Waals surface area contributed by atoms with E-state index in [9.17, 15) is 4.79 Å². The Morgan fingerprint density at radius 3 is 2.62 bits per heavy atom. The molecular weight excluding hydrogens is 549 g/mol. The fraction of sp³-hybridized carbons (Fsp3) is 0.429. The fourth-order valence-corrected chi connectivity index (χ4v) is 3.53. The van der Waals surface area contributed by atoms with Gasteiger partial charge in [0.25, 0.3) is 0 Å². The number of likely N-dealkylation sites (tertiary alicyclic amines) is 1. The zero-order valence-electron chi connectivity index (χ0n) is 16.5. The minimum Gasteiger partial charge on any atom is -0.469 e. The number of hydrogen-bond donors (Lipinski definition) is 1. The molecule has 158 valence electrons. The fourth-order valence-electron chi connectivity index (χ4n) is 3.27. The molecule has 0 spiro atoms. The van der Waals surface area contributed by atoms with Crippen LogP contribution in [0.5, 0.6) is 0 Å². The molecule has 8 heteroatoms. The second-order valence-corrected chi connectivity index (χ2v) is 7.72. The quantitative estimate of drug-likeness (QED) is 0.242. The van der Waals surface area contributed by atoms with Crippen LogP contribution in [0.2, 0.25) is 0 Å². The van der Waals surface area contributed by atoms with Crippen LogP contribution in [0.25, 0.3) is 0 Å². The minimum absolute atomic E-state index is 0.